The first-order chi connectivity index (χ1) is 17.7. The molecule has 0 spiro atoms. The molecule has 3 nitrogen and oxygen atoms in total. The Balaban J connectivity index is 1.75. The van der Waals surface area contributed by atoms with Crippen molar-refractivity contribution in [3.63, 3.8) is 0 Å². The van der Waals surface area contributed by atoms with Gasteiger partial charge in [-0.15, -0.1) is 0 Å². The first-order valence-corrected chi connectivity index (χ1v) is 14.5. The van der Waals surface area contributed by atoms with Gasteiger partial charge in [0, 0.05) is 15.9 Å². The summed E-state index contributed by atoms with van der Waals surface area (Å²) >= 11 is 0. The normalized spacial score (nSPS) is 16.9. The van der Waals surface area contributed by atoms with Crippen molar-refractivity contribution < 1.29 is 13.9 Å². The van der Waals surface area contributed by atoms with Crippen LogP contribution in [0.15, 0.2) is 109 Å². The van der Waals surface area contributed by atoms with Crippen molar-refractivity contribution in [3.05, 3.63) is 109 Å². The number of hydrogen-bond acceptors (Lipinski definition) is 3. The number of benzene rings is 5. The lowest BCUT2D eigenvalue weighted by Gasteiger charge is -2.32. The second-order valence-electron chi connectivity index (χ2n) is 10.7. The molecule has 184 valence electrons. The third-order valence-corrected chi connectivity index (χ3v) is 11.2. The molecule has 0 aliphatic carbocycles. The Kier molecular flexibility index (Phi) is 5.69. The van der Waals surface area contributed by atoms with Crippen molar-refractivity contribution in [2.75, 3.05) is 0 Å². The Bertz CT molecular complexity index is 1550. The predicted molar refractivity (Wildman–Crippen MR) is 157 cm³/mol. The molecule has 0 atom stereocenters. The molecule has 0 aromatic heterocycles. The Morgan fingerprint density at radius 3 is 1.30 bits per heavy atom. The summed E-state index contributed by atoms with van der Waals surface area (Å²) in [6, 6.07) is 36.2. The van der Waals surface area contributed by atoms with Gasteiger partial charge in [-0.1, -0.05) is 109 Å². The molecule has 1 aliphatic rings. The smallest absolute Gasteiger partial charge is 0.399 e. The molecule has 1 heterocycles. The fraction of sp³-hybridized carbons (Fsp3) is 0.188. The summed E-state index contributed by atoms with van der Waals surface area (Å²) in [6.07, 6.45) is 0. The molecule has 1 aliphatic heterocycles. The van der Waals surface area contributed by atoms with Crippen LogP contribution in [-0.4, -0.2) is 18.3 Å². The fourth-order valence-electron chi connectivity index (χ4n) is 5.38. The van der Waals surface area contributed by atoms with Crippen LogP contribution in [0, 0.1) is 0 Å². The summed E-state index contributed by atoms with van der Waals surface area (Å²) in [5, 5.41) is 6.42. The third-order valence-electron chi connectivity index (χ3n) is 7.99. The zero-order valence-corrected chi connectivity index (χ0v) is 22.5. The second kappa shape index (κ2) is 8.70. The highest BCUT2D eigenvalue weighted by molar-refractivity contribution is 7.86. The van der Waals surface area contributed by atoms with Crippen LogP contribution in [0.5, 0.6) is 0 Å². The van der Waals surface area contributed by atoms with E-state index in [9.17, 15) is 0 Å². The summed E-state index contributed by atoms with van der Waals surface area (Å²) < 4.78 is 28.8. The molecule has 5 heteroatoms. The van der Waals surface area contributed by atoms with Crippen molar-refractivity contribution in [1.29, 1.82) is 0 Å². The Morgan fingerprint density at radius 2 is 0.892 bits per heavy atom. The Morgan fingerprint density at radius 1 is 0.541 bits per heavy atom. The summed E-state index contributed by atoms with van der Waals surface area (Å²) in [7, 11) is -3.79. The molecule has 0 radical (unpaired) electrons. The van der Waals surface area contributed by atoms with Crippen LogP contribution in [0.3, 0.4) is 0 Å². The van der Waals surface area contributed by atoms with E-state index in [0.717, 1.165) is 42.9 Å². The van der Waals surface area contributed by atoms with Gasteiger partial charge in [0.15, 0.2) is 7.14 Å². The largest absolute Gasteiger partial charge is 0.496 e. The minimum atomic E-state index is -3.25. The van der Waals surface area contributed by atoms with Crippen LogP contribution < -0.4 is 21.4 Å². The highest BCUT2D eigenvalue weighted by Crippen LogP contribution is 2.47. The van der Waals surface area contributed by atoms with Crippen molar-refractivity contribution in [2.24, 2.45) is 0 Å². The lowest BCUT2D eigenvalue weighted by Crippen LogP contribution is -2.41. The van der Waals surface area contributed by atoms with E-state index in [1.54, 1.807) is 0 Å². The molecule has 0 bridgehead atoms. The Labute approximate surface area is 219 Å². The maximum atomic E-state index is 15.6. The van der Waals surface area contributed by atoms with Gasteiger partial charge in [0.1, 0.15) is 0 Å². The van der Waals surface area contributed by atoms with Gasteiger partial charge in [-0.05, 0) is 54.7 Å². The van der Waals surface area contributed by atoms with Gasteiger partial charge in [0.2, 0.25) is 0 Å². The number of rotatable bonds is 4. The van der Waals surface area contributed by atoms with E-state index in [2.05, 4.69) is 52.0 Å². The average Bonchev–Trinajstić information content (AvgIpc) is 3.13. The van der Waals surface area contributed by atoms with Crippen LogP contribution in [-0.2, 0) is 13.9 Å². The van der Waals surface area contributed by atoms with Gasteiger partial charge in [-0.3, -0.25) is 0 Å². The Hall–Kier alpha value is -3.17. The SMILES string of the molecule is CC1(C)OB(c2c3ccccc3c(P(=O)(c3ccccc3)c3ccccc3)c3ccccc23)OC1(C)C. The molecule has 0 amide bonds. The monoisotopic (exact) mass is 504 g/mol. The number of hydrogen-bond donors (Lipinski definition) is 0. The van der Waals surface area contributed by atoms with Gasteiger partial charge < -0.3 is 13.9 Å². The molecule has 6 rings (SSSR count). The molecule has 37 heavy (non-hydrogen) atoms. The third kappa shape index (κ3) is 3.70. The van der Waals surface area contributed by atoms with Crippen molar-refractivity contribution in [2.45, 2.75) is 38.9 Å². The zero-order chi connectivity index (χ0) is 25.8. The van der Waals surface area contributed by atoms with Crippen molar-refractivity contribution >= 4 is 57.2 Å². The van der Waals surface area contributed by atoms with E-state index in [4.69, 9.17) is 9.31 Å². The van der Waals surface area contributed by atoms with E-state index in [1.807, 2.05) is 84.9 Å². The molecular formula is C32H30BO3P. The molecule has 0 unspecified atom stereocenters. The van der Waals surface area contributed by atoms with Crippen LogP contribution in [0.2, 0.25) is 0 Å². The quantitative estimate of drug-likeness (QED) is 0.173. The first-order valence-electron chi connectivity index (χ1n) is 12.7. The van der Waals surface area contributed by atoms with Crippen LogP contribution in [0.1, 0.15) is 27.7 Å². The first kappa shape index (κ1) is 24.2. The highest BCUT2D eigenvalue weighted by atomic mass is 31.2. The van der Waals surface area contributed by atoms with E-state index < -0.39 is 25.5 Å². The van der Waals surface area contributed by atoms with Gasteiger partial charge in [0.05, 0.1) is 11.2 Å². The summed E-state index contributed by atoms with van der Waals surface area (Å²) in [6.45, 7) is 8.30. The maximum absolute atomic E-state index is 15.6. The lowest BCUT2D eigenvalue weighted by molar-refractivity contribution is 0.00578. The van der Waals surface area contributed by atoms with Crippen LogP contribution in [0.25, 0.3) is 21.5 Å². The number of fused-ring (bicyclic) bond motifs is 2. The van der Waals surface area contributed by atoms with Crippen molar-refractivity contribution in [3.8, 4) is 0 Å². The maximum Gasteiger partial charge on any atom is 0.496 e. The summed E-state index contributed by atoms with van der Waals surface area (Å²) in [5.41, 5.74) is 0.0466. The van der Waals surface area contributed by atoms with E-state index in [-0.39, 0.29) is 0 Å². The van der Waals surface area contributed by atoms with Gasteiger partial charge >= 0.3 is 7.12 Å². The fourth-order valence-corrected chi connectivity index (χ4v) is 8.44. The predicted octanol–water partition coefficient (Wildman–Crippen LogP) is 5.93. The molecule has 0 saturated carbocycles. The van der Waals surface area contributed by atoms with Crippen molar-refractivity contribution in [1.82, 2.24) is 0 Å². The van der Waals surface area contributed by atoms with E-state index >= 15 is 4.57 Å². The van der Waals surface area contributed by atoms with Gasteiger partial charge in [-0.25, -0.2) is 0 Å². The van der Waals surface area contributed by atoms with E-state index in [0.29, 0.717) is 0 Å². The zero-order valence-electron chi connectivity index (χ0n) is 21.6. The molecule has 1 fully saturated rings. The molecule has 5 aromatic rings. The van der Waals surface area contributed by atoms with E-state index in [1.165, 1.54) is 0 Å². The lowest BCUT2D eigenvalue weighted by atomic mass is 9.73. The summed E-state index contributed by atoms with van der Waals surface area (Å²) in [4.78, 5) is 0. The summed E-state index contributed by atoms with van der Waals surface area (Å²) in [5.74, 6) is 0. The van der Waals surface area contributed by atoms with Crippen LogP contribution in [0.4, 0.5) is 0 Å². The second-order valence-corrected chi connectivity index (χ2v) is 13.4. The van der Waals surface area contributed by atoms with Crippen LogP contribution >= 0.6 is 7.14 Å². The van der Waals surface area contributed by atoms with Gasteiger partial charge in [0.25, 0.3) is 0 Å². The molecule has 0 N–H and O–H groups in total. The minimum Gasteiger partial charge on any atom is -0.399 e. The molecule has 5 aromatic carbocycles. The van der Waals surface area contributed by atoms with Gasteiger partial charge in [-0.2, -0.15) is 0 Å². The average molecular weight is 504 g/mol. The molecule has 1 saturated heterocycles. The highest BCUT2D eigenvalue weighted by Gasteiger charge is 2.52. The molecular weight excluding hydrogens is 474 g/mol. The standard InChI is InChI=1S/C32H30BO3P/c1-31(2)32(3,4)36-33(35-31)29-25-19-11-13-21-27(25)30(28-22-14-12-20-26(28)29)37(34,23-15-7-5-8-16-23)24-17-9-6-10-18-24/h5-22H,1-4H3. The topological polar surface area (TPSA) is 35.5 Å². The minimum absolute atomic E-state index is 0.470.